The lowest BCUT2D eigenvalue weighted by atomic mass is 10.1. The third-order valence-corrected chi connectivity index (χ3v) is 4.87. The first kappa shape index (κ1) is 23.0. The molecule has 2 aromatic rings. The van der Waals surface area contributed by atoms with Gasteiger partial charge in [-0.05, 0) is 57.2 Å². The Morgan fingerprint density at radius 3 is 2.21 bits per heavy atom. The monoisotopic (exact) mass is 440 g/mol. The van der Waals surface area contributed by atoms with E-state index in [1.54, 1.807) is 25.1 Å². The molecule has 0 radical (unpaired) electrons. The molecule has 1 unspecified atom stereocenters. The first-order valence-electron chi connectivity index (χ1n) is 9.10. The fraction of sp³-hybridized carbons (Fsp3) is 0.333. The molecule has 2 amide bonds. The molecule has 5 nitrogen and oxygen atoms in total. The number of nitrogens with one attached hydrogen (secondary N) is 1. The lowest BCUT2D eigenvalue weighted by Crippen LogP contribution is -2.50. The molecular weight excluding hydrogens is 418 g/mol. The molecular formula is C21H23Cl2FN2O3. The summed E-state index contributed by atoms with van der Waals surface area (Å²) in [7, 11) is 0. The third kappa shape index (κ3) is 6.61. The van der Waals surface area contributed by atoms with Crippen molar-refractivity contribution < 1.29 is 18.7 Å². The fourth-order valence-electron chi connectivity index (χ4n) is 2.60. The van der Waals surface area contributed by atoms with Gasteiger partial charge in [-0.15, -0.1) is 0 Å². The van der Waals surface area contributed by atoms with Gasteiger partial charge in [0.15, 0.2) is 6.61 Å². The summed E-state index contributed by atoms with van der Waals surface area (Å²) in [6.07, 6.45) is 0. The summed E-state index contributed by atoms with van der Waals surface area (Å²) in [6, 6.07) is 9.49. The molecule has 0 heterocycles. The molecule has 0 aliphatic carbocycles. The summed E-state index contributed by atoms with van der Waals surface area (Å²) in [5.74, 6) is -0.803. The zero-order chi connectivity index (χ0) is 21.6. The molecule has 0 spiro atoms. The number of rotatable bonds is 8. The van der Waals surface area contributed by atoms with Crippen LogP contribution in [0.5, 0.6) is 5.75 Å². The van der Waals surface area contributed by atoms with Gasteiger partial charge in [0, 0.05) is 28.2 Å². The predicted molar refractivity (Wildman–Crippen MR) is 112 cm³/mol. The van der Waals surface area contributed by atoms with Gasteiger partial charge >= 0.3 is 0 Å². The van der Waals surface area contributed by atoms with Crippen LogP contribution in [0.4, 0.5) is 4.39 Å². The quantitative estimate of drug-likeness (QED) is 0.659. The standard InChI is InChI=1S/C21H23Cl2FN2O3/c1-13(2)25-21(28)14(3)26(11-17-18(22)5-4-6-19(17)23)20(27)12-29-16-9-7-15(24)8-10-16/h4-10,13-14H,11-12H2,1-3H3,(H,25,28). The Labute approximate surface area is 179 Å². The number of nitrogens with zero attached hydrogens (tertiary/aromatic N) is 1. The van der Waals surface area contributed by atoms with Crippen LogP contribution in [-0.2, 0) is 16.1 Å². The normalized spacial score (nSPS) is 11.8. The van der Waals surface area contributed by atoms with Gasteiger partial charge in [0.2, 0.25) is 5.91 Å². The first-order valence-corrected chi connectivity index (χ1v) is 9.85. The second kappa shape index (κ2) is 10.5. The SMILES string of the molecule is CC(C)NC(=O)C(C)N(Cc1c(Cl)cccc1Cl)C(=O)COc1ccc(F)cc1. The van der Waals surface area contributed by atoms with Gasteiger partial charge in [-0.25, -0.2) is 4.39 Å². The molecule has 2 aromatic carbocycles. The fourth-order valence-corrected chi connectivity index (χ4v) is 3.12. The molecule has 8 heteroatoms. The zero-order valence-electron chi connectivity index (χ0n) is 16.4. The number of carbonyl (C=O) groups excluding carboxylic acids is 2. The Bertz CT molecular complexity index is 839. The number of hydrogen-bond donors (Lipinski definition) is 1. The van der Waals surface area contributed by atoms with Crippen LogP contribution in [0.1, 0.15) is 26.3 Å². The van der Waals surface area contributed by atoms with E-state index in [9.17, 15) is 14.0 Å². The summed E-state index contributed by atoms with van der Waals surface area (Å²) in [4.78, 5) is 26.8. The Morgan fingerprint density at radius 1 is 1.07 bits per heavy atom. The van der Waals surface area contributed by atoms with Crippen LogP contribution in [0.2, 0.25) is 10.0 Å². The highest BCUT2D eigenvalue weighted by atomic mass is 35.5. The summed E-state index contributed by atoms with van der Waals surface area (Å²) in [6.45, 7) is 5.00. The van der Waals surface area contributed by atoms with Crippen molar-refractivity contribution in [2.75, 3.05) is 6.61 Å². The summed E-state index contributed by atoms with van der Waals surface area (Å²) in [5.41, 5.74) is 0.537. The van der Waals surface area contributed by atoms with Gasteiger partial charge in [0.25, 0.3) is 5.91 Å². The maximum Gasteiger partial charge on any atom is 0.261 e. The molecule has 0 aliphatic heterocycles. The predicted octanol–water partition coefficient (Wildman–Crippen LogP) is 4.45. The lowest BCUT2D eigenvalue weighted by molar-refractivity contribution is -0.142. The summed E-state index contributed by atoms with van der Waals surface area (Å²) < 4.78 is 18.5. The van der Waals surface area contributed by atoms with Crippen LogP contribution >= 0.6 is 23.2 Å². The van der Waals surface area contributed by atoms with Crippen molar-refractivity contribution in [3.8, 4) is 5.75 Å². The van der Waals surface area contributed by atoms with Gasteiger partial charge in [0.1, 0.15) is 17.6 Å². The smallest absolute Gasteiger partial charge is 0.261 e. The van der Waals surface area contributed by atoms with Crippen molar-refractivity contribution in [1.29, 1.82) is 0 Å². The van der Waals surface area contributed by atoms with E-state index in [0.29, 0.717) is 21.4 Å². The molecule has 0 aromatic heterocycles. The van der Waals surface area contributed by atoms with Crippen molar-refractivity contribution in [3.05, 3.63) is 63.9 Å². The minimum absolute atomic E-state index is 0.0385. The van der Waals surface area contributed by atoms with E-state index in [2.05, 4.69) is 5.32 Å². The molecule has 29 heavy (non-hydrogen) atoms. The highest BCUT2D eigenvalue weighted by Gasteiger charge is 2.28. The second-order valence-corrected chi connectivity index (χ2v) is 7.62. The minimum atomic E-state index is -0.783. The van der Waals surface area contributed by atoms with Crippen molar-refractivity contribution in [1.82, 2.24) is 10.2 Å². The number of amides is 2. The molecule has 1 atom stereocenters. The van der Waals surface area contributed by atoms with E-state index in [1.807, 2.05) is 13.8 Å². The van der Waals surface area contributed by atoms with Gasteiger partial charge < -0.3 is 15.0 Å². The molecule has 0 saturated carbocycles. The maximum absolute atomic E-state index is 13.0. The van der Waals surface area contributed by atoms with Crippen LogP contribution in [-0.4, -0.2) is 35.4 Å². The van der Waals surface area contributed by atoms with E-state index in [1.165, 1.54) is 29.2 Å². The number of ether oxygens (including phenoxy) is 1. The zero-order valence-corrected chi connectivity index (χ0v) is 17.9. The molecule has 2 rings (SSSR count). The van der Waals surface area contributed by atoms with Crippen LogP contribution in [0, 0.1) is 5.82 Å². The highest BCUT2D eigenvalue weighted by molar-refractivity contribution is 6.36. The largest absolute Gasteiger partial charge is 0.484 e. The minimum Gasteiger partial charge on any atom is -0.484 e. The average molecular weight is 441 g/mol. The van der Waals surface area contributed by atoms with Crippen molar-refractivity contribution in [2.45, 2.75) is 39.4 Å². The first-order chi connectivity index (χ1) is 13.7. The summed E-state index contributed by atoms with van der Waals surface area (Å²) in [5, 5.41) is 3.58. The van der Waals surface area contributed by atoms with Crippen LogP contribution in [0.25, 0.3) is 0 Å². The van der Waals surface area contributed by atoms with Crippen LogP contribution < -0.4 is 10.1 Å². The van der Waals surface area contributed by atoms with Crippen molar-refractivity contribution in [3.63, 3.8) is 0 Å². The van der Waals surface area contributed by atoms with Crippen LogP contribution in [0.3, 0.4) is 0 Å². The van der Waals surface area contributed by atoms with E-state index in [0.717, 1.165) is 0 Å². The van der Waals surface area contributed by atoms with Crippen molar-refractivity contribution in [2.24, 2.45) is 0 Å². The molecule has 0 saturated heterocycles. The maximum atomic E-state index is 13.0. The number of carbonyl (C=O) groups is 2. The number of hydrogen-bond acceptors (Lipinski definition) is 3. The van der Waals surface area contributed by atoms with Gasteiger partial charge in [-0.1, -0.05) is 29.3 Å². The van der Waals surface area contributed by atoms with E-state index < -0.39 is 17.8 Å². The van der Waals surface area contributed by atoms with Gasteiger partial charge in [-0.3, -0.25) is 9.59 Å². The molecule has 156 valence electrons. The Balaban J connectivity index is 2.21. The molecule has 0 fully saturated rings. The highest BCUT2D eigenvalue weighted by Crippen LogP contribution is 2.26. The Hall–Kier alpha value is -2.31. The van der Waals surface area contributed by atoms with Crippen LogP contribution in [0.15, 0.2) is 42.5 Å². The van der Waals surface area contributed by atoms with Crippen molar-refractivity contribution >= 4 is 35.0 Å². The van der Waals surface area contributed by atoms with E-state index in [4.69, 9.17) is 27.9 Å². The van der Waals surface area contributed by atoms with E-state index >= 15 is 0 Å². The molecule has 0 bridgehead atoms. The Morgan fingerprint density at radius 2 is 1.66 bits per heavy atom. The molecule has 0 aliphatic rings. The summed E-state index contributed by atoms with van der Waals surface area (Å²) >= 11 is 12.5. The molecule has 1 N–H and O–H groups in total. The van der Waals surface area contributed by atoms with E-state index in [-0.39, 0.29) is 25.1 Å². The number of benzene rings is 2. The number of halogens is 3. The average Bonchev–Trinajstić information content (AvgIpc) is 2.66. The Kier molecular flexibility index (Phi) is 8.29. The third-order valence-electron chi connectivity index (χ3n) is 4.16. The van der Waals surface area contributed by atoms with Gasteiger partial charge in [0.05, 0.1) is 0 Å². The topological polar surface area (TPSA) is 58.6 Å². The lowest BCUT2D eigenvalue weighted by Gasteiger charge is -2.30. The van der Waals surface area contributed by atoms with Gasteiger partial charge in [-0.2, -0.15) is 0 Å². The second-order valence-electron chi connectivity index (χ2n) is 6.80.